The van der Waals surface area contributed by atoms with Crippen molar-refractivity contribution >= 4 is 9.84 Å². The topological polar surface area (TPSA) is 60.2 Å². The molecule has 0 aromatic heterocycles. The minimum absolute atomic E-state index is 0.132. The molecule has 2 N–H and O–H groups in total. The average Bonchev–Trinajstić information content (AvgIpc) is 2.16. The van der Waals surface area contributed by atoms with Crippen LogP contribution < -0.4 is 5.73 Å². The second-order valence-electron chi connectivity index (χ2n) is 3.27. The number of hydrogen-bond donors (Lipinski definition) is 1. The van der Waals surface area contributed by atoms with Gasteiger partial charge in [-0.15, -0.1) is 0 Å². The highest BCUT2D eigenvalue weighted by atomic mass is 32.2. The molecule has 0 amide bonds. The molecule has 0 radical (unpaired) electrons. The van der Waals surface area contributed by atoms with Gasteiger partial charge < -0.3 is 5.73 Å². The van der Waals surface area contributed by atoms with Gasteiger partial charge in [0.05, 0.1) is 10.6 Å². The molecule has 0 saturated carbocycles. The third-order valence-electron chi connectivity index (χ3n) is 2.00. The van der Waals surface area contributed by atoms with Gasteiger partial charge in [0.15, 0.2) is 9.84 Å². The largest absolute Gasteiger partial charge is 0.330 e. The summed E-state index contributed by atoms with van der Waals surface area (Å²) in [5.74, 6) is 0.132. The zero-order valence-electron chi connectivity index (χ0n) is 8.23. The highest BCUT2D eigenvalue weighted by Crippen LogP contribution is 2.12. The average molecular weight is 213 g/mol. The number of hydrogen-bond acceptors (Lipinski definition) is 3. The molecule has 14 heavy (non-hydrogen) atoms. The lowest BCUT2D eigenvalue weighted by Crippen LogP contribution is -2.11. The van der Waals surface area contributed by atoms with Crippen molar-refractivity contribution in [2.45, 2.75) is 18.2 Å². The molecule has 0 aliphatic heterocycles. The summed E-state index contributed by atoms with van der Waals surface area (Å²) in [7, 11) is -3.12. The van der Waals surface area contributed by atoms with E-state index in [0.29, 0.717) is 17.9 Å². The zero-order chi connectivity index (χ0) is 10.6. The molecule has 4 heteroatoms. The summed E-state index contributed by atoms with van der Waals surface area (Å²) in [6.07, 6.45) is 0.510. The molecule has 0 atom stereocenters. The summed E-state index contributed by atoms with van der Waals surface area (Å²) in [6.45, 7) is 2.33. The van der Waals surface area contributed by atoms with E-state index in [1.807, 2.05) is 6.92 Å². The third-order valence-corrected chi connectivity index (χ3v) is 3.81. The summed E-state index contributed by atoms with van der Waals surface area (Å²) in [4.78, 5) is 0.386. The fourth-order valence-corrected chi connectivity index (χ4v) is 2.47. The van der Waals surface area contributed by atoms with E-state index in [4.69, 9.17) is 5.73 Å². The molecule has 0 unspecified atom stereocenters. The molecular formula is C10H15NO2S. The van der Waals surface area contributed by atoms with Gasteiger partial charge in [-0.1, -0.05) is 17.7 Å². The van der Waals surface area contributed by atoms with E-state index in [0.717, 1.165) is 5.56 Å². The van der Waals surface area contributed by atoms with Gasteiger partial charge >= 0.3 is 0 Å². The van der Waals surface area contributed by atoms with Crippen molar-refractivity contribution in [2.75, 3.05) is 12.3 Å². The van der Waals surface area contributed by atoms with Crippen molar-refractivity contribution in [3.05, 3.63) is 29.8 Å². The fraction of sp³-hybridized carbons (Fsp3) is 0.400. The van der Waals surface area contributed by atoms with Gasteiger partial charge in [0, 0.05) is 0 Å². The molecule has 0 saturated heterocycles. The maximum absolute atomic E-state index is 11.6. The first-order valence-corrected chi connectivity index (χ1v) is 6.21. The molecule has 78 valence electrons. The smallest absolute Gasteiger partial charge is 0.178 e. The summed E-state index contributed by atoms with van der Waals surface area (Å²) < 4.78 is 23.3. The summed E-state index contributed by atoms with van der Waals surface area (Å²) in [6, 6.07) is 6.88. The maximum atomic E-state index is 11.6. The number of benzene rings is 1. The van der Waals surface area contributed by atoms with E-state index in [2.05, 4.69) is 0 Å². The van der Waals surface area contributed by atoms with Crippen LogP contribution in [0.5, 0.6) is 0 Å². The monoisotopic (exact) mass is 213 g/mol. The van der Waals surface area contributed by atoms with Crippen LogP contribution in [-0.2, 0) is 9.84 Å². The van der Waals surface area contributed by atoms with Gasteiger partial charge in [-0.05, 0) is 32.0 Å². The van der Waals surface area contributed by atoms with Crippen LogP contribution in [0.4, 0.5) is 0 Å². The predicted molar refractivity (Wildman–Crippen MR) is 56.9 cm³/mol. The van der Waals surface area contributed by atoms with E-state index in [9.17, 15) is 8.42 Å². The van der Waals surface area contributed by atoms with E-state index < -0.39 is 9.84 Å². The number of rotatable bonds is 4. The van der Waals surface area contributed by atoms with Crippen LogP contribution in [0.15, 0.2) is 29.2 Å². The predicted octanol–water partition coefficient (Wildman–Crippen LogP) is 1.12. The van der Waals surface area contributed by atoms with E-state index >= 15 is 0 Å². The second kappa shape index (κ2) is 4.57. The van der Waals surface area contributed by atoms with Gasteiger partial charge in [0.2, 0.25) is 0 Å². The summed E-state index contributed by atoms with van der Waals surface area (Å²) >= 11 is 0. The van der Waals surface area contributed by atoms with Crippen LogP contribution in [0, 0.1) is 6.92 Å². The van der Waals surface area contributed by atoms with Crippen molar-refractivity contribution in [1.82, 2.24) is 0 Å². The zero-order valence-corrected chi connectivity index (χ0v) is 9.05. The van der Waals surface area contributed by atoms with Crippen LogP contribution in [0.1, 0.15) is 12.0 Å². The molecule has 1 rings (SSSR count). The Morgan fingerprint density at radius 1 is 1.21 bits per heavy atom. The minimum Gasteiger partial charge on any atom is -0.330 e. The molecule has 0 bridgehead atoms. The lowest BCUT2D eigenvalue weighted by Gasteiger charge is -2.03. The molecule has 0 aliphatic carbocycles. The number of sulfone groups is 1. The van der Waals surface area contributed by atoms with Crippen LogP contribution in [0.3, 0.4) is 0 Å². The number of aryl methyl sites for hydroxylation is 1. The standard InChI is InChI=1S/C10H15NO2S/c1-9-3-5-10(6-4-9)14(12,13)8-2-7-11/h3-6H,2,7-8,11H2,1H3. The Balaban J connectivity index is 2.87. The lowest BCUT2D eigenvalue weighted by atomic mass is 10.2. The van der Waals surface area contributed by atoms with Crippen LogP contribution >= 0.6 is 0 Å². The maximum Gasteiger partial charge on any atom is 0.178 e. The highest BCUT2D eigenvalue weighted by molar-refractivity contribution is 7.91. The highest BCUT2D eigenvalue weighted by Gasteiger charge is 2.12. The Hall–Kier alpha value is -0.870. The third kappa shape index (κ3) is 2.82. The first-order valence-electron chi connectivity index (χ1n) is 4.56. The molecule has 3 nitrogen and oxygen atoms in total. The van der Waals surface area contributed by atoms with Gasteiger partial charge in [-0.2, -0.15) is 0 Å². The Bertz CT molecular complexity index is 381. The van der Waals surface area contributed by atoms with Crippen molar-refractivity contribution in [1.29, 1.82) is 0 Å². The molecular weight excluding hydrogens is 198 g/mol. The van der Waals surface area contributed by atoms with E-state index in [1.54, 1.807) is 24.3 Å². The van der Waals surface area contributed by atoms with Gasteiger partial charge in [-0.3, -0.25) is 0 Å². The quantitative estimate of drug-likeness (QED) is 0.815. The molecule has 1 aromatic rings. The first kappa shape index (κ1) is 11.2. The number of nitrogens with two attached hydrogens (primary N) is 1. The van der Waals surface area contributed by atoms with E-state index in [1.165, 1.54) is 0 Å². The Morgan fingerprint density at radius 2 is 1.79 bits per heavy atom. The second-order valence-corrected chi connectivity index (χ2v) is 5.38. The normalized spacial score (nSPS) is 11.6. The molecule has 0 fully saturated rings. The summed E-state index contributed by atoms with van der Waals surface area (Å²) in [5.41, 5.74) is 6.33. The van der Waals surface area contributed by atoms with Crippen molar-refractivity contribution in [2.24, 2.45) is 5.73 Å². The lowest BCUT2D eigenvalue weighted by molar-refractivity contribution is 0.593. The Kier molecular flexibility index (Phi) is 3.66. The van der Waals surface area contributed by atoms with Crippen LogP contribution in [0.2, 0.25) is 0 Å². The molecule has 0 spiro atoms. The fourth-order valence-electron chi connectivity index (χ4n) is 1.14. The van der Waals surface area contributed by atoms with E-state index in [-0.39, 0.29) is 5.75 Å². The van der Waals surface area contributed by atoms with Crippen molar-refractivity contribution < 1.29 is 8.42 Å². The Labute approximate surface area is 84.9 Å². The van der Waals surface area contributed by atoms with Gasteiger partial charge in [-0.25, -0.2) is 8.42 Å². The van der Waals surface area contributed by atoms with Crippen molar-refractivity contribution in [3.8, 4) is 0 Å². The Morgan fingerprint density at radius 3 is 2.29 bits per heavy atom. The SMILES string of the molecule is Cc1ccc(S(=O)(=O)CCCN)cc1. The van der Waals surface area contributed by atoms with Gasteiger partial charge in [0.1, 0.15) is 0 Å². The molecule has 0 aliphatic rings. The van der Waals surface area contributed by atoms with Crippen LogP contribution in [0.25, 0.3) is 0 Å². The minimum atomic E-state index is -3.12. The summed E-state index contributed by atoms with van der Waals surface area (Å²) in [5, 5.41) is 0. The van der Waals surface area contributed by atoms with Gasteiger partial charge in [0.25, 0.3) is 0 Å². The first-order chi connectivity index (χ1) is 6.56. The molecule has 0 heterocycles. The van der Waals surface area contributed by atoms with Crippen molar-refractivity contribution in [3.63, 3.8) is 0 Å². The van der Waals surface area contributed by atoms with Crippen LogP contribution in [-0.4, -0.2) is 20.7 Å². The molecule has 1 aromatic carbocycles.